The number of carbonyl (C=O) groups excluding carboxylic acids is 1. The predicted molar refractivity (Wildman–Crippen MR) is 116 cm³/mol. The molecule has 0 aromatic heterocycles. The minimum Gasteiger partial charge on any atom is -0.465 e. The van der Waals surface area contributed by atoms with E-state index in [1.54, 1.807) is 26.8 Å². The molecule has 0 aliphatic rings. The molecule has 0 saturated carbocycles. The van der Waals surface area contributed by atoms with Crippen molar-refractivity contribution in [2.75, 3.05) is 13.6 Å². The van der Waals surface area contributed by atoms with Gasteiger partial charge in [-0.2, -0.15) is 8.78 Å². The van der Waals surface area contributed by atoms with Crippen molar-refractivity contribution < 1.29 is 23.5 Å². The van der Waals surface area contributed by atoms with E-state index >= 15 is 0 Å². The lowest BCUT2D eigenvalue weighted by Gasteiger charge is -2.48. The lowest BCUT2D eigenvalue weighted by atomic mass is 9.63. The molecular formula is C20H25Cl3F2N2O3. The van der Waals surface area contributed by atoms with Gasteiger partial charge in [-0.15, -0.1) is 6.58 Å². The average Bonchev–Trinajstić information content (AvgIpc) is 2.59. The second-order valence-corrected chi connectivity index (χ2v) is 9.47. The third-order valence-electron chi connectivity index (χ3n) is 4.80. The number of hydrogen-bond donors (Lipinski definition) is 2. The van der Waals surface area contributed by atoms with E-state index < -0.39 is 34.3 Å². The van der Waals surface area contributed by atoms with Crippen molar-refractivity contribution in [1.82, 2.24) is 10.2 Å². The third-order valence-corrected chi connectivity index (χ3v) is 5.70. The van der Waals surface area contributed by atoms with Crippen molar-refractivity contribution in [3.05, 3.63) is 46.5 Å². The third kappa shape index (κ3) is 6.22. The maximum Gasteiger partial charge on any atom is 0.404 e. The first-order chi connectivity index (χ1) is 13.6. The molecule has 0 saturated heterocycles. The molecule has 0 radical (unpaired) electrons. The molecule has 2 unspecified atom stereocenters. The number of amides is 2. The maximum atomic E-state index is 13.5. The van der Waals surface area contributed by atoms with E-state index in [2.05, 4.69) is 11.9 Å². The zero-order chi connectivity index (χ0) is 23.5. The van der Waals surface area contributed by atoms with E-state index in [-0.39, 0.29) is 23.0 Å². The minimum absolute atomic E-state index is 0.138. The highest BCUT2D eigenvalue weighted by atomic mass is 35.5. The Morgan fingerprint density at radius 2 is 1.83 bits per heavy atom. The summed E-state index contributed by atoms with van der Waals surface area (Å²) in [5.41, 5.74) is -1.40. The number of nitrogens with one attached hydrogen (secondary N) is 1. The van der Waals surface area contributed by atoms with Crippen LogP contribution < -0.4 is 5.32 Å². The number of benzene rings is 1. The Morgan fingerprint density at radius 3 is 2.23 bits per heavy atom. The van der Waals surface area contributed by atoms with E-state index in [4.69, 9.17) is 34.8 Å². The predicted octanol–water partition coefficient (Wildman–Crippen LogP) is 5.78. The Balaban J connectivity index is 3.79. The quantitative estimate of drug-likeness (QED) is 0.362. The number of hydrogen-bond acceptors (Lipinski definition) is 2. The van der Waals surface area contributed by atoms with E-state index in [0.29, 0.717) is 5.56 Å². The number of alkyl halides is 3. The SMILES string of the molecule is C=CCC(CN(C)C(=O)C(F)(F)Cl)(c1ccc(Cl)c(Cl)c1)C(NC(=O)O)C(C)(C)C. The molecule has 0 spiro atoms. The number of allylic oxidation sites excluding steroid dienone is 1. The first-order valence-electron chi connectivity index (χ1n) is 8.94. The van der Waals surface area contributed by atoms with Gasteiger partial charge in [0, 0.05) is 25.0 Å². The molecule has 2 N–H and O–H groups in total. The largest absolute Gasteiger partial charge is 0.465 e. The normalized spacial score (nSPS) is 15.1. The number of likely N-dealkylation sites (N-methyl/N-ethyl adjacent to an activating group) is 1. The second kappa shape index (κ2) is 9.71. The Morgan fingerprint density at radius 1 is 1.27 bits per heavy atom. The number of carbonyl (C=O) groups is 2. The topological polar surface area (TPSA) is 69.6 Å². The van der Waals surface area contributed by atoms with Crippen molar-refractivity contribution in [3.63, 3.8) is 0 Å². The first-order valence-corrected chi connectivity index (χ1v) is 10.1. The van der Waals surface area contributed by atoms with E-state index in [9.17, 15) is 23.5 Å². The van der Waals surface area contributed by atoms with Crippen LogP contribution in [0.3, 0.4) is 0 Å². The van der Waals surface area contributed by atoms with Crippen LogP contribution in [0, 0.1) is 5.41 Å². The van der Waals surface area contributed by atoms with Crippen LogP contribution in [0.25, 0.3) is 0 Å². The second-order valence-electron chi connectivity index (χ2n) is 8.19. The summed E-state index contributed by atoms with van der Waals surface area (Å²) in [4.78, 5) is 24.5. The van der Waals surface area contributed by atoms with Gasteiger partial charge < -0.3 is 15.3 Å². The van der Waals surface area contributed by atoms with E-state index in [1.165, 1.54) is 25.3 Å². The van der Waals surface area contributed by atoms with Crippen molar-refractivity contribution in [2.24, 2.45) is 5.41 Å². The summed E-state index contributed by atoms with van der Waals surface area (Å²) < 4.78 is 27.0. The van der Waals surface area contributed by atoms with Gasteiger partial charge >= 0.3 is 17.4 Å². The van der Waals surface area contributed by atoms with Gasteiger partial charge in [0.25, 0.3) is 0 Å². The van der Waals surface area contributed by atoms with Crippen LogP contribution in [-0.4, -0.2) is 47.0 Å². The number of halogens is 5. The van der Waals surface area contributed by atoms with Crippen molar-refractivity contribution in [2.45, 2.75) is 44.0 Å². The van der Waals surface area contributed by atoms with Crippen LogP contribution in [0.2, 0.25) is 10.0 Å². The zero-order valence-electron chi connectivity index (χ0n) is 17.1. The summed E-state index contributed by atoms with van der Waals surface area (Å²) in [6.07, 6.45) is 0.362. The molecule has 10 heteroatoms. The molecule has 30 heavy (non-hydrogen) atoms. The minimum atomic E-state index is -4.11. The summed E-state index contributed by atoms with van der Waals surface area (Å²) in [6, 6.07) is 3.84. The van der Waals surface area contributed by atoms with Crippen LogP contribution in [0.5, 0.6) is 0 Å². The Labute approximate surface area is 190 Å². The van der Waals surface area contributed by atoms with Gasteiger partial charge in [0.2, 0.25) is 0 Å². The molecule has 2 atom stereocenters. The van der Waals surface area contributed by atoms with Crippen LogP contribution in [0.4, 0.5) is 13.6 Å². The van der Waals surface area contributed by atoms with Crippen molar-refractivity contribution in [3.8, 4) is 0 Å². The summed E-state index contributed by atoms with van der Waals surface area (Å²) in [6.45, 7) is 8.83. The summed E-state index contributed by atoms with van der Waals surface area (Å²) in [7, 11) is 1.18. The summed E-state index contributed by atoms with van der Waals surface area (Å²) >= 11 is 17.2. The molecule has 0 aliphatic carbocycles. The zero-order valence-corrected chi connectivity index (χ0v) is 19.4. The summed E-state index contributed by atoms with van der Waals surface area (Å²) in [5.74, 6) is -1.61. The number of rotatable bonds is 8. The van der Waals surface area contributed by atoms with E-state index in [0.717, 1.165) is 4.90 Å². The van der Waals surface area contributed by atoms with Crippen LogP contribution in [0.15, 0.2) is 30.9 Å². The van der Waals surface area contributed by atoms with Gasteiger partial charge in [-0.1, -0.05) is 56.1 Å². The van der Waals surface area contributed by atoms with E-state index in [1.807, 2.05) is 0 Å². The number of carboxylic acid groups (broad SMARTS) is 1. The smallest absolute Gasteiger partial charge is 0.404 e. The highest BCUT2D eigenvalue weighted by Gasteiger charge is 2.49. The van der Waals surface area contributed by atoms with Crippen LogP contribution in [-0.2, 0) is 10.2 Å². The van der Waals surface area contributed by atoms with Crippen LogP contribution in [0.1, 0.15) is 32.8 Å². The molecule has 168 valence electrons. The lowest BCUT2D eigenvalue weighted by molar-refractivity contribution is -0.146. The van der Waals surface area contributed by atoms with Gasteiger partial charge in [-0.25, -0.2) is 4.79 Å². The average molecular weight is 486 g/mol. The van der Waals surface area contributed by atoms with Gasteiger partial charge in [0.05, 0.1) is 10.0 Å². The van der Waals surface area contributed by atoms with Gasteiger partial charge in [-0.05, 0) is 41.1 Å². The molecule has 0 bridgehead atoms. The molecule has 1 rings (SSSR count). The molecule has 0 fully saturated rings. The van der Waals surface area contributed by atoms with Crippen LogP contribution >= 0.6 is 34.8 Å². The fourth-order valence-corrected chi connectivity index (χ4v) is 4.17. The molecule has 0 heterocycles. The summed E-state index contributed by atoms with van der Waals surface area (Å²) in [5, 5.41) is 8.34. The maximum absolute atomic E-state index is 13.5. The first kappa shape index (κ1) is 26.5. The molecular weight excluding hydrogens is 461 g/mol. The van der Waals surface area contributed by atoms with Crippen molar-refractivity contribution >= 4 is 46.8 Å². The monoisotopic (exact) mass is 484 g/mol. The Bertz CT molecular complexity index is 809. The molecule has 1 aromatic carbocycles. The standard InChI is InChI=1S/C20H25Cl3F2N2O3/c1-6-9-19(11-27(5)16(28)20(23,24)25,12-7-8-13(21)14(22)10-12)15(18(2,3)4)26-17(29)30/h6-8,10,15,26H,1,9,11H2,2-5H3,(H,29,30). The van der Waals surface area contributed by atoms with Crippen molar-refractivity contribution in [1.29, 1.82) is 0 Å². The van der Waals surface area contributed by atoms with Gasteiger partial charge in [0.1, 0.15) is 0 Å². The molecule has 5 nitrogen and oxygen atoms in total. The Kier molecular flexibility index (Phi) is 8.56. The fourth-order valence-electron chi connectivity index (χ4n) is 3.73. The number of nitrogens with zero attached hydrogens (tertiary/aromatic N) is 1. The molecule has 1 aromatic rings. The molecule has 2 amide bonds. The fraction of sp³-hybridized carbons (Fsp3) is 0.500. The van der Waals surface area contributed by atoms with Gasteiger partial charge in [0.15, 0.2) is 0 Å². The van der Waals surface area contributed by atoms with Gasteiger partial charge in [-0.3, -0.25) is 4.79 Å². The lowest BCUT2D eigenvalue weighted by Crippen LogP contribution is -2.61. The highest BCUT2D eigenvalue weighted by Crippen LogP contribution is 2.43. The molecule has 0 aliphatic heterocycles. The highest BCUT2D eigenvalue weighted by molar-refractivity contribution is 6.42. The Hall–Kier alpha value is -1.57.